The molecule has 0 unspecified atom stereocenters. The van der Waals surface area contributed by atoms with Gasteiger partial charge in [0.25, 0.3) is 0 Å². The van der Waals surface area contributed by atoms with E-state index in [4.69, 9.17) is 4.74 Å². The van der Waals surface area contributed by atoms with E-state index in [0.717, 1.165) is 24.4 Å². The number of aromatic nitrogens is 2. The maximum absolute atomic E-state index is 4.93. The molecule has 65 valence electrons. The van der Waals surface area contributed by atoms with Gasteiger partial charge in [-0.05, 0) is 6.42 Å². The van der Waals surface area contributed by atoms with E-state index in [1.807, 2.05) is 0 Å². The van der Waals surface area contributed by atoms with Gasteiger partial charge in [-0.25, -0.2) is 9.97 Å². The predicted octanol–water partition coefficient (Wildman–Crippen LogP) is 1.03. The van der Waals surface area contributed by atoms with Gasteiger partial charge < -0.3 is 4.74 Å². The van der Waals surface area contributed by atoms with Crippen LogP contribution in [0, 0.1) is 6.07 Å². The van der Waals surface area contributed by atoms with Gasteiger partial charge in [-0.3, -0.25) is 0 Å². The van der Waals surface area contributed by atoms with E-state index < -0.39 is 0 Å². The standard InChI is InChI=1S/C9H13N2O/c1-3-8-4-6-10-9(11-8)5-7-12-2/h6H,3,5,7H2,1-2H3. The van der Waals surface area contributed by atoms with E-state index in [9.17, 15) is 0 Å². The molecule has 0 atom stereocenters. The Kier molecular flexibility index (Phi) is 3.67. The molecule has 0 saturated heterocycles. The van der Waals surface area contributed by atoms with Crippen LogP contribution in [0.25, 0.3) is 0 Å². The molecule has 1 aromatic heterocycles. The zero-order valence-corrected chi connectivity index (χ0v) is 7.50. The first-order valence-corrected chi connectivity index (χ1v) is 4.08. The molecular weight excluding hydrogens is 152 g/mol. The van der Waals surface area contributed by atoms with E-state index >= 15 is 0 Å². The van der Waals surface area contributed by atoms with E-state index in [2.05, 4.69) is 23.0 Å². The Morgan fingerprint density at radius 1 is 1.58 bits per heavy atom. The van der Waals surface area contributed by atoms with Gasteiger partial charge in [-0.15, -0.1) is 0 Å². The molecule has 1 heterocycles. The molecule has 0 fully saturated rings. The lowest BCUT2D eigenvalue weighted by atomic mass is 10.3. The average molecular weight is 165 g/mol. The quantitative estimate of drug-likeness (QED) is 0.668. The van der Waals surface area contributed by atoms with Gasteiger partial charge >= 0.3 is 0 Å². The molecule has 1 radical (unpaired) electrons. The number of nitrogens with zero attached hydrogens (tertiary/aromatic N) is 2. The molecule has 1 rings (SSSR count). The van der Waals surface area contributed by atoms with Gasteiger partial charge in [0.1, 0.15) is 5.82 Å². The fourth-order valence-corrected chi connectivity index (χ4v) is 0.893. The van der Waals surface area contributed by atoms with Crippen LogP contribution in [-0.4, -0.2) is 23.7 Å². The second kappa shape index (κ2) is 4.83. The van der Waals surface area contributed by atoms with Crippen molar-refractivity contribution in [3.8, 4) is 0 Å². The van der Waals surface area contributed by atoms with Crippen molar-refractivity contribution in [3.05, 3.63) is 23.8 Å². The lowest BCUT2D eigenvalue weighted by Gasteiger charge is -1.99. The molecule has 1 aromatic rings. The fraction of sp³-hybridized carbons (Fsp3) is 0.556. The highest BCUT2D eigenvalue weighted by atomic mass is 16.5. The molecule has 0 aromatic carbocycles. The Morgan fingerprint density at radius 2 is 2.42 bits per heavy atom. The molecule has 0 aliphatic heterocycles. The molecule has 3 nitrogen and oxygen atoms in total. The van der Waals surface area contributed by atoms with E-state index in [1.165, 1.54) is 0 Å². The number of aryl methyl sites for hydroxylation is 1. The summed E-state index contributed by atoms with van der Waals surface area (Å²) in [6.07, 6.45) is 3.36. The third kappa shape index (κ3) is 2.58. The van der Waals surface area contributed by atoms with Crippen LogP contribution in [0.15, 0.2) is 6.20 Å². The third-order valence-corrected chi connectivity index (χ3v) is 1.57. The molecular formula is C9H13N2O. The second-order valence-corrected chi connectivity index (χ2v) is 2.47. The van der Waals surface area contributed by atoms with Crippen LogP contribution >= 0.6 is 0 Å². The number of methoxy groups -OCH3 is 1. The summed E-state index contributed by atoms with van der Waals surface area (Å²) in [4.78, 5) is 8.36. The van der Waals surface area contributed by atoms with Gasteiger partial charge in [0.05, 0.1) is 12.3 Å². The second-order valence-electron chi connectivity index (χ2n) is 2.47. The minimum atomic E-state index is 0.674. The molecule has 0 aliphatic rings. The van der Waals surface area contributed by atoms with Crippen LogP contribution < -0.4 is 0 Å². The van der Waals surface area contributed by atoms with Crippen LogP contribution in [0.3, 0.4) is 0 Å². The summed E-state index contributed by atoms with van der Waals surface area (Å²) in [7, 11) is 1.68. The van der Waals surface area contributed by atoms with Crippen molar-refractivity contribution in [1.29, 1.82) is 0 Å². The van der Waals surface area contributed by atoms with Gasteiger partial charge in [-0.2, -0.15) is 0 Å². The summed E-state index contributed by atoms with van der Waals surface area (Å²) >= 11 is 0. The van der Waals surface area contributed by atoms with Gasteiger partial charge in [-0.1, -0.05) is 6.92 Å². The maximum Gasteiger partial charge on any atom is 0.130 e. The zero-order chi connectivity index (χ0) is 8.81. The molecule has 0 bridgehead atoms. The maximum atomic E-state index is 4.93. The van der Waals surface area contributed by atoms with Crippen molar-refractivity contribution >= 4 is 0 Å². The first-order valence-electron chi connectivity index (χ1n) is 4.08. The van der Waals surface area contributed by atoms with Crippen molar-refractivity contribution in [2.75, 3.05) is 13.7 Å². The molecule has 0 saturated carbocycles. The molecule has 0 N–H and O–H groups in total. The normalized spacial score (nSPS) is 10.2. The van der Waals surface area contributed by atoms with Crippen LogP contribution in [0.1, 0.15) is 18.4 Å². The van der Waals surface area contributed by atoms with Crippen molar-refractivity contribution in [2.24, 2.45) is 0 Å². The summed E-state index contributed by atoms with van der Waals surface area (Å²) in [6.45, 7) is 2.73. The minimum Gasteiger partial charge on any atom is -0.384 e. The van der Waals surface area contributed by atoms with E-state index in [-0.39, 0.29) is 0 Å². The summed E-state index contributed by atoms with van der Waals surface area (Å²) < 4.78 is 4.93. The van der Waals surface area contributed by atoms with E-state index in [0.29, 0.717) is 6.61 Å². The van der Waals surface area contributed by atoms with Crippen LogP contribution in [0.4, 0.5) is 0 Å². The number of rotatable bonds is 4. The Morgan fingerprint density at radius 3 is 3.08 bits per heavy atom. The molecule has 0 amide bonds. The zero-order valence-electron chi connectivity index (χ0n) is 7.50. The Hall–Kier alpha value is -0.960. The lowest BCUT2D eigenvalue weighted by Crippen LogP contribution is -2.02. The first kappa shape index (κ1) is 9.13. The highest BCUT2D eigenvalue weighted by Gasteiger charge is 1.96. The van der Waals surface area contributed by atoms with Gasteiger partial charge in [0, 0.05) is 25.8 Å². The average Bonchev–Trinajstić information content (AvgIpc) is 2.15. The number of hydrogen-bond acceptors (Lipinski definition) is 3. The summed E-state index contributed by atoms with van der Waals surface area (Å²) in [5, 5.41) is 0. The Bertz CT molecular complexity index is 238. The van der Waals surface area contributed by atoms with Gasteiger partial charge in [0.2, 0.25) is 0 Å². The van der Waals surface area contributed by atoms with Crippen molar-refractivity contribution in [1.82, 2.24) is 9.97 Å². The molecule has 3 heteroatoms. The number of hydrogen-bond donors (Lipinski definition) is 0. The summed E-state index contributed by atoms with van der Waals surface area (Å²) in [6, 6.07) is 2.97. The predicted molar refractivity (Wildman–Crippen MR) is 45.8 cm³/mol. The molecule has 12 heavy (non-hydrogen) atoms. The monoisotopic (exact) mass is 165 g/mol. The Labute approximate surface area is 72.8 Å². The lowest BCUT2D eigenvalue weighted by molar-refractivity contribution is 0.200. The summed E-state index contributed by atoms with van der Waals surface area (Å²) in [5.41, 5.74) is 0.969. The molecule has 0 spiro atoms. The van der Waals surface area contributed by atoms with Crippen molar-refractivity contribution in [3.63, 3.8) is 0 Å². The third-order valence-electron chi connectivity index (χ3n) is 1.57. The fourth-order valence-electron chi connectivity index (χ4n) is 0.893. The highest BCUT2D eigenvalue weighted by molar-refractivity contribution is 5.00. The highest BCUT2D eigenvalue weighted by Crippen LogP contribution is 1.96. The topological polar surface area (TPSA) is 35.0 Å². The Balaban J connectivity index is 2.60. The number of ether oxygens (including phenoxy) is 1. The minimum absolute atomic E-state index is 0.674. The van der Waals surface area contributed by atoms with Crippen LogP contribution in [-0.2, 0) is 17.6 Å². The molecule has 0 aliphatic carbocycles. The van der Waals surface area contributed by atoms with Crippen LogP contribution in [0.2, 0.25) is 0 Å². The van der Waals surface area contributed by atoms with E-state index in [1.54, 1.807) is 13.3 Å². The first-order chi connectivity index (χ1) is 5.86. The van der Waals surface area contributed by atoms with Crippen molar-refractivity contribution in [2.45, 2.75) is 19.8 Å². The van der Waals surface area contributed by atoms with Crippen molar-refractivity contribution < 1.29 is 4.74 Å². The SMILES string of the molecule is CCc1[c]cnc(CCOC)n1. The largest absolute Gasteiger partial charge is 0.384 e. The summed E-state index contributed by atoms with van der Waals surface area (Å²) in [5.74, 6) is 0.840. The van der Waals surface area contributed by atoms with Crippen LogP contribution in [0.5, 0.6) is 0 Å². The smallest absolute Gasteiger partial charge is 0.130 e. The van der Waals surface area contributed by atoms with Gasteiger partial charge in [0.15, 0.2) is 0 Å².